The molecular weight excluding hydrogens is 238 g/mol. The number of hydrogen-bond acceptors (Lipinski definition) is 3. The predicted molar refractivity (Wildman–Crippen MR) is 73.1 cm³/mol. The minimum atomic E-state index is -0.0811. The Balaban J connectivity index is 2.20. The molecule has 94 valence electrons. The maximum Gasteiger partial charge on any atom is 0.215 e. The van der Waals surface area contributed by atoms with Crippen LogP contribution in [0.4, 0.5) is 0 Å². The van der Waals surface area contributed by atoms with E-state index in [0.29, 0.717) is 11.3 Å². The highest BCUT2D eigenvalue weighted by molar-refractivity contribution is 6.15. The quantitative estimate of drug-likeness (QED) is 0.657. The van der Waals surface area contributed by atoms with Crippen molar-refractivity contribution in [1.82, 2.24) is 14.8 Å². The minimum Gasteiger partial charge on any atom is -0.287 e. The third-order valence-electron chi connectivity index (χ3n) is 3.26. The van der Waals surface area contributed by atoms with Gasteiger partial charge in [-0.2, -0.15) is 5.10 Å². The molecule has 0 atom stereocenters. The van der Waals surface area contributed by atoms with Crippen LogP contribution < -0.4 is 0 Å². The lowest BCUT2D eigenvalue weighted by molar-refractivity contribution is 0.103. The normalized spacial score (nSPS) is 10.8. The minimum absolute atomic E-state index is 0.0811. The standard InChI is InChI=1S/C15H13N3O/c1-10-7-8-16-9-12(10)15(19)14-11-5-3-4-6-13(11)18(2)17-14/h3-9H,1-2H3. The summed E-state index contributed by atoms with van der Waals surface area (Å²) in [7, 11) is 1.84. The van der Waals surface area contributed by atoms with Crippen LogP contribution in [0.1, 0.15) is 21.6 Å². The Kier molecular flexibility index (Phi) is 2.63. The van der Waals surface area contributed by atoms with Crippen molar-refractivity contribution >= 4 is 16.7 Å². The van der Waals surface area contributed by atoms with E-state index in [-0.39, 0.29) is 5.78 Å². The first-order valence-electron chi connectivity index (χ1n) is 6.05. The summed E-state index contributed by atoms with van der Waals surface area (Å²) in [5.41, 5.74) is 2.95. The van der Waals surface area contributed by atoms with Crippen molar-refractivity contribution in [2.75, 3.05) is 0 Å². The lowest BCUT2D eigenvalue weighted by atomic mass is 10.0. The molecule has 4 heteroatoms. The maximum absolute atomic E-state index is 12.6. The molecule has 4 nitrogen and oxygen atoms in total. The van der Waals surface area contributed by atoms with Crippen molar-refractivity contribution in [2.45, 2.75) is 6.92 Å². The van der Waals surface area contributed by atoms with Gasteiger partial charge in [0.25, 0.3) is 0 Å². The van der Waals surface area contributed by atoms with Crippen LogP contribution in [-0.4, -0.2) is 20.5 Å². The summed E-state index contributed by atoms with van der Waals surface area (Å²) < 4.78 is 1.73. The molecule has 0 N–H and O–H groups in total. The summed E-state index contributed by atoms with van der Waals surface area (Å²) in [5.74, 6) is -0.0811. The lowest BCUT2D eigenvalue weighted by Gasteiger charge is -2.01. The van der Waals surface area contributed by atoms with Gasteiger partial charge in [-0.05, 0) is 24.6 Å². The number of nitrogens with zero attached hydrogens (tertiary/aromatic N) is 3. The zero-order valence-corrected chi connectivity index (χ0v) is 10.8. The van der Waals surface area contributed by atoms with Crippen LogP contribution in [0.15, 0.2) is 42.7 Å². The van der Waals surface area contributed by atoms with Crippen molar-refractivity contribution in [1.29, 1.82) is 0 Å². The lowest BCUT2D eigenvalue weighted by Crippen LogP contribution is -2.06. The molecule has 0 fully saturated rings. The molecular formula is C15H13N3O. The van der Waals surface area contributed by atoms with E-state index in [0.717, 1.165) is 16.5 Å². The van der Waals surface area contributed by atoms with Gasteiger partial charge >= 0.3 is 0 Å². The van der Waals surface area contributed by atoms with E-state index in [1.165, 1.54) is 0 Å². The molecule has 0 saturated heterocycles. The summed E-state index contributed by atoms with van der Waals surface area (Å²) in [4.78, 5) is 16.6. The van der Waals surface area contributed by atoms with Crippen LogP contribution >= 0.6 is 0 Å². The van der Waals surface area contributed by atoms with Gasteiger partial charge in [0.05, 0.1) is 5.52 Å². The molecule has 0 spiro atoms. The van der Waals surface area contributed by atoms with E-state index in [1.807, 2.05) is 44.3 Å². The number of ketones is 1. The molecule has 0 unspecified atom stereocenters. The number of fused-ring (bicyclic) bond motifs is 1. The Morgan fingerprint density at radius 2 is 2.00 bits per heavy atom. The molecule has 19 heavy (non-hydrogen) atoms. The molecule has 0 amide bonds. The number of carbonyl (C=O) groups excluding carboxylic acids is 1. The van der Waals surface area contributed by atoms with Gasteiger partial charge in [-0.1, -0.05) is 18.2 Å². The number of benzene rings is 1. The molecule has 2 heterocycles. The number of para-hydroxylation sites is 1. The van der Waals surface area contributed by atoms with Crippen LogP contribution in [0.25, 0.3) is 10.9 Å². The first-order valence-corrected chi connectivity index (χ1v) is 6.05. The van der Waals surface area contributed by atoms with Crippen LogP contribution in [0.5, 0.6) is 0 Å². The molecule has 2 aromatic heterocycles. The summed E-state index contributed by atoms with van der Waals surface area (Å²) in [6, 6.07) is 9.55. The Morgan fingerprint density at radius 1 is 1.21 bits per heavy atom. The van der Waals surface area contributed by atoms with Crippen molar-refractivity contribution < 1.29 is 4.79 Å². The average Bonchev–Trinajstić information content (AvgIpc) is 2.77. The van der Waals surface area contributed by atoms with Gasteiger partial charge in [0.1, 0.15) is 5.69 Å². The van der Waals surface area contributed by atoms with Gasteiger partial charge in [0.2, 0.25) is 5.78 Å². The molecule has 0 radical (unpaired) electrons. The van der Waals surface area contributed by atoms with Crippen LogP contribution in [-0.2, 0) is 7.05 Å². The molecule has 3 aromatic rings. The number of hydrogen-bond donors (Lipinski definition) is 0. The molecule has 0 aliphatic heterocycles. The Morgan fingerprint density at radius 3 is 2.79 bits per heavy atom. The summed E-state index contributed by atoms with van der Waals surface area (Å²) >= 11 is 0. The Hall–Kier alpha value is -2.49. The molecule has 1 aromatic carbocycles. The van der Waals surface area contributed by atoms with E-state index in [9.17, 15) is 4.79 Å². The fraction of sp³-hybridized carbons (Fsp3) is 0.133. The van der Waals surface area contributed by atoms with Crippen LogP contribution in [0, 0.1) is 6.92 Å². The SMILES string of the molecule is Cc1ccncc1C(=O)c1nn(C)c2ccccc12. The highest BCUT2D eigenvalue weighted by atomic mass is 16.1. The van der Waals surface area contributed by atoms with E-state index in [2.05, 4.69) is 10.1 Å². The van der Waals surface area contributed by atoms with Crippen molar-refractivity contribution in [3.8, 4) is 0 Å². The maximum atomic E-state index is 12.6. The Bertz CT molecular complexity index is 774. The third kappa shape index (κ3) is 1.81. The topological polar surface area (TPSA) is 47.8 Å². The van der Waals surface area contributed by atoms with Gasteiger partial charge in [-0.3, -0.25) is 14.5 Å². The summed E-state index contributed by atoms with van der Waals surface area (Å²) in [6.45, 7) is 1.90. The van der Waals surface area contributed by atoms with E-state index < -0.39 is 0 Å². The zero-order chi connectivity index (χ0) is 13.4. The predicted octanol–water partition coefficient (Wildman–Crippen LogP) is 2.51. The van der Waals surface area contributed by atoms with E-state index in [1.54, 1.807) is 17.1 Å². The Labute approximate surface area is 110 Å². The van der Waals surface area contributed by atoms with Gasteiger partial charge in [-0.15, -0.1) is 0 Å². The van der Waals surface area contributed by atoms with E-state index >= 15 is 0 Å². The van der Waals surface area contributed by atoms with Crippen LogP contribution in [0.3, 0.4) is 0 Å². The largest absolute Gasteiger partial charge is 0.287 e. The van der Waals surface area contributed by atoms with Crippen LogP contribution in [0.2, 0.25) is 0 Å². The van der Waals surface area contributed by atoms with Gasteiger partial charge in [0, 0.05) is 30.4 Å². The molecule has 0 saturated carbocycles. The van der Waals surface area contributed by atoms with Crippen molar-refractivity contribution in [3.63, 3.8) is 0 Å². The van der Waals surface area contributed by atoms with Gasteiger partial charge in [-0.25, -0.2) is 0 Å². The molecule has 0 aliphatic rings. The number of rotatable bonds is 2. The first kappa shape index (κ1) is 11.6. The highest BCUT2D eigenvalue weighted by Crippen LogP contribution is 2.21. The van der Waals surface area contributed by atoms with Gasteiger partial charge in [0.15, 0.2) is 0 Å². The fourth-order valence-electron chi connectivity index (χ4n) is 2.21. The summed E-state index contributed by atoms with van der Waals surface area (Å²) in [6.07, 6.45) is 3.28. The van der Waals surface area contributed by atoms with Crippen molar-refractivity contribution in [3.05, 3.63) is 59.5 Å². The molecule has 3 rings (SSSR count). The second kappa shape index (κ2) is 4.31. The number of pyridine rings is 1. The van der Waals surface area contributed by atoms with Gasteiger partial charge < -0.3 is 0 Å². The second-order valence-corrected chi connectivity index (χ2v) is 4.51. The van der Waals surface area contributed by atoms with Crippen molar-refractivity contribution in [2.24, 2.45) is 7.05 Å². The third-order valence-corrected chi connectivity index (χ3v) is 3.26. The smallest absolute Gasteiger partial charge is 0.215 e. The monoisotopic (exact) mass is 251 g/mol. The number of carbonyl (C=O) groups is 1. The summed E-state index contributed by atoms with van der Waals surface area (Å²) in [5, 5.41) is 5.22. The molecule has 0 bridgehead atoms. The second-order valence-electron chi connectivity index (χ2n) is 4.51. The molecule has 0 aliphatic carbocycles. The average molecular weight is 251 g/mol. The fourth-order valence-corrected chi connectivity index (χ4v) is 2.21. The first-order chi connectivity index (χ1) is 9.18. The van der Waals surface area contributed by atoms with E-state index in [4.69, 9.17) is 0 Å². The highest BCUT2D eigenvalue weighted by Gasteiger charge is 2.18. The zero-order valence-electron chi connectivity index (χ0n) is 10.8. The number of aromatic nitrogens is 3. The number of aryl methyl sites for hydroxylation is 2.